The molecule has 0 amide bonds. The maximum absolute atomic E-state index is 9.25. The van der Waals surface area contributed by atoms with Crippen molar-refractivity contribution in [2.75, 3.05) is 13.2 Å². The van der Waals surface area contributed by atoms with E-state index in [1.165, 1.54) is 12.0 Å². The van der Waals surface area contributed by atoms with Gasteiger partial charge < -0.3 is 5.11 Å². The molecule has 88 valence electrons. The molecule has 1 fully saturated rings. The highest BCUT2D eigenvalue weighted by Crippen LogP contribution is 2.22. The summed E-state index contributed by atoms with van der Waals surface area (Å²) in [5.41, 5.74) is 2.40. The van der Waals surface area contributed by atoms with Crippen molar-refractivity contribution in [1.82, 2.24) is 4.90 Å². The van der Waals surface area contributed by atoms with Gasteiger partial charge in [0.1, 0.15) is 0 Å². The number of aliphatic hydroxyl groups excluding tert-OH is 1. The van der Waals surface area contributed by atoms with Crippen LogP contribution in [0.1, 0.15) is 24.0 Å². The predicted octanol–water partition coefficient (Wildman–Crippen LogP) is 2.61. The molecule has 1 unspecified atom stereocenters. The van der Waals surface area contributed by atoms with Crippen LogP contribution < -0.4 is 0 Å². The van der Waals surface area contributed by atoms with E-state index in [9.17, 15) is 5.11 Å². The zero-order chi connectivity index (χ0) is 11.5. The standard InChI is InChI=1S/C13H18ClNO/c1-10-7-11(4-5-13(10)14)8-15-6-2-3-12(15)9-16/h4-5,7,12,16H,2-3,6,8-9H2,1H3. The van der Waals surface area contributed by atoms with E-state index in [1.54, 1.807) is 0 Å². The van der Waals surface area contributed by atoms with Crippen LogP contribution in [-0.2, 0) is 6.54 Å². The lowest BCUT2D eigenvalue weighted by molar-refractivity contribution is 0.153. The first-order valence-corrected chi connectivity index (χ1v) is 6.18. The maximum Gasteiger partial charge on any atom is 0.0587 e. The lowest BCUT2D eigenvalue weighted by atomic mass is 10.1. The predicted molar refractivity (Wildman–Crippen MR) is 66.7 cm³/mol. The second-order valence-electron chi connectivity index (χ2n) is 4.53. The molecule has 16 heavy (non-hydrogen) atoms. The molecule has 0 bridgehead atoms. The van der Waals surface area contributed by atoms with E-state index in [0.717, 1.165) is 30.1 Å². The number of benzene rings is 1. The van der Waals surface area contributed by atoms with Crippen LogP contribution in [0.25, 0.3) is 0 Å². The molecule has 0 saturated carbocycles. The Kier molecular flexibility index (Phi) is 3.85. The van der Waals surface area contributed by atoms with Gasteiger partial charge in [0.05, 0.1) is 6.61 Å². The van der Waals surface area contributed by atoms with Gasteiger partial charge in [-0.25, -0.2) is 0 Å². The van der Waals surface area contributed by atoms with Crippen molar-refractivity contribution in [2.45, 2.75) is 32.4 Å². The van der Waals surface area contributed by atoms with Gasteiger partial charge in [-0.2, -0.15) is 0 Å². The summed E-state index contributed by atoms with van der Waals surface area (Å²) in [6.45, 7) is 4.31. The van der Waals surface area contributed by atoms with Crippen LogP contribution in [0.3, 0.4) is 0 Å². The topological polar surface area (TPSA) is 23.5 Å². The van der Waals surface area contributed by atoms with Crippen molar-refractivity contribution in [2.24, 2.45) is 0 Å². The number of nitrogens with zero attached hydrogens (tertiary/aromatic N) is 1. The Bertz CT molecular complexity index is 367. The molecular weight excluding hydrogens is 222 g/mol. The summed E-state index contributed by atoms with van der Waals surface area (Å²) in [4.78, 5) is 2.35. The molecule has 0 radical (unpaired) electrons. The van der Waals surface area contributed by atoms with E-state index in [-0.39, 0.29) is 6.61 Å². The van der Waals surface area contributed by atoms with Gasteiger partial charge in [0.15, 0.2) is 0 Å². The zero-order valence-electron chi connectivity index (χ0n) is 9.62. The molecule has 3 heteroatoms. The van der Waals surface area contributed by atoms with Crippen LogP contribution in [0.15, 0.2) is 18.2 Å². The Morgan fingerprint density at radius 1 is 1.50 bits per heavy atom. The fourth-order valence-electron chi connectivity index (χ4n) is 2.35. The molecule has 0 aromatic heterocycles. The first-order valence-electron chi connectivity index (χ1n) is 5.80. The van der Waals surface area contributed by atoms with Crippen molar-refractivity contribution in [3.8, 4) is 0 Å². The highest BCUT2D eigenvalue weighted by molar-refractivity contribution is 6.31. The monoisotopic (exact) mass is 239 g/mol. The van der Waals surface area contributed by atoms with E-state index >= 15 is 0 Å². The second kappa shape index (κ2) is 5.17. The molecule has 1 atom stereocenters. The number of hydrogen-bond acceptors (Lipinski definition) is 2. The molecule has 1 saturated heterocycles. The van der Waals surface area contributed by atoms with Gasteiger partial charge in [0.25, 0.3) is 0 Å². The van der Waals surface area contributed by atoms with Crippen molar-refractivity contribution < 1.29 is 5.11 Å². The molecule has 1 heterocycles. The third-order valence-electron chi connectivity index (χ3n) is 3.32. The average Bonchev–Trinajstić information content (AvgIpc) is 2.71. The fraction of sp³-hybridized carbons (Fsp3) is 0.538. The van der Waals surface area contributed by atoms with Crippen molar-refractivity contribution >= 4 is 11.6 Å². The Morgan fingerprint density at radius 2 is 2.31 bits per heavy atom. The highest BCUT2D eigenvalue weighted by atomic mass is 35.5. The van der Waals surface area contributed by atoms with Crippen LogP contribution in [0, 0.1) is 6.92 Å². The molecule has 2 nitrogen and oxygen atoms in total. The summed E-state index contributed by atoms with van der Waals surface area (Å²) in [5, 5.41) is 10.1. The highest BCUT2D eigenvalue weighted by Gasteiger charge is 2.23. The summed E-state index contributed by atoms with van der Waals surface area (Å²) in [6, 6.07) is 6.50. The van der Waals surface area contributed by atoms with Gasteiger partial charge in [0.2, 0.25) is 0 Å². The SMILES string of the molecule is Cc1cc(CN2CCCC2CO)ccc1Cl. The van der Waals surface area contributed by atoms with Gasteiger partial charge >= 0.3 is 0 Å². The van der Waals surface area contributed by atoms with Crippen LogP contribution in [-0.4, -0.2) is 29.2 Å². The number of halogens is 1. The average molecular weight is 240 g/mol. The Labute approximate surface area is 102 Å². The molecule has 1 aliphatic heterocycles. The summed E-state index contributed by atoms with van der Waals surface area (Å²) < 4.78 is 0. The maximum atomic E-state index is 9.25. The molecule has 1 aliphatic rings. The lowest BCUT2D eigenvalue weighted by Gasteiger charge is -2.22. The summed E-state index contributed by atoms with van der Waals surface area (Å²) in [6.07, 6.45) is 2.31. The van der Waals surface area contributed by atoms with Crippen molar-refractivity contribution in [3.05, 3.63) is 34.3 Å². The molecule has 1 N–H and O–H groups in total. The largest absolute Gasteiger partial charge is 0.395 e. The number of hydrogen-bond donors (Lipinski definition) is 1. The van der Waals surface area contributed by atoms with Crippen molar-refractivity contribution in [1.29, 1.82) is 0 Å². The third kappa shape index (κ3) is 2.57. The minimum atomic E-state index is 0.270. The summed E-state index contributed by atoms with van der Waals surface area (Å²) in [5.74, 6) is 0. The van der Waals surface area contributed by atoms with E-state index in [0.29, 0.717) is 6.04 Å². The van der Waals surface area contributed by atoms with Crippen LogP contribution >= 0.6 is 11.6 Å². The lowest BCUT2D eigenvalue weighted by Crippen LogP contribution is -2.31. The normalized spacial score (nSPS) is 21.6. The zero-order valence-corrected chi connectivity index (χ0v) is 10.4. The third-order valence-corrected chi connectivity index (χ3v) is 3.74. The van der Waals surface area contributed by atoms with Crippen LogP contribution in [0.5, 0.6) is 0 Å². The van der Waals surface area contributed by atoms with E-state index < -0.39 is 0 Å². The second-order valence-corrected chi connectivity index (χ2v) is 4.94. The van der Waals surface area contributed by atoms with Gasteiger partial charge in [-0.15, -0.1) is 0 Å². The molecular formula is C13H18ClNO. The van der Waals surface area contributed by atoms with Crippen LogP contribution in [0.2, 0.25) is 5.02 Å². The summed E-state index contributed by atoms with van der Waals surface area (Å²) >= 11 is 6.00. The van der Waals surface area contributed by atoms with Gasteiger partial charge in [-0.1, -0.05) is 23.7 Å². The first-order chi connectivity index (χ1) is 7.70. The van der Waals surface area contributed by atoms with Gasteiger partial charge in [-0.3, -0.25) is 4.90 Å². The van der Waals surface area contributed by atoms with Crippen LogP contribution in [0.4, 0.5) is 0 Å². The van der Waals surface area contributed by atoms with E-state index in [2.05, 4.69) is 17.0 Å². The quantitative estimate of drug-likeness (QED) is 0.877. The first kappa shape index (κ1) is 11.9. The number of aryl methyl sites for hydroxylation is 1. The summed E-state index contributed by atoms with van der Waals surface area (Å²) in [7, 11) is 0. The van der Waals surface area contributed by atoms with Gasteiger partial charge in [0, 0.05) is 17.6 Å². The molecule has 1 aromatic rings. The Balaban J connectivity index is 2.05. The Morgan fingerprint density at radius 3 is 3.00 bits per heavy atom. The number of likely N-dealkylation sites (tertiary alicyclic amines) is 1. The van der Waals surface area contributed by atoms with E-state index in [4.69, 9.17) is 11.6 Å². The number of aliphatic hydroxyl groups is 1. The Hall–Kier alpha value is -0.570. The smallest absolute Gasteiger partial charge is 0.0587 e. The minimum absolute atomic E-state index is 0.270. The molecule has 0 spiro atoms. The molecule has 1 aromatic carbocycles. The number of rotatable bonds is 3. The van der Waals surface area contributed by atoms with Crippen molar-refractivity contribution in [3.63, 3.8) is 0 Å². The molecule has 2 rings (SSSR count). The minimum Gasteiger partial charge on any atom is -0.395 e. The fourth-order valence-corrected chi connectivity index (χ4v) is 2.47. The van der Waals surface area contributed by atoms with Gasteiger partial charge in [-0.05, 0) is 43.5 Å². The molecule has 0 aliphatic carbocycles. The van der Waals surface area contributed by atoms with E-state index in [1.807, 2.05) is 13.0 Å².